The summed E-state index contributed by atoms with van der Waals surface area (Å²) in [5.41, 5.74) is 0. The first-order valence-electron chi connectivity index (χ1n) is 7.30. The summed E-state index contributed by atoms with van der Waals surface area (Å²) in [6.07, 6.45) is -4.72. The zero-order valence-electron chi connectivity index (χ0n) is 13.1. The van der Waals surface area contributed by atoms with Crippen LogP contribution in [0.3, 0.4) is 0 Å². The molecule has 0 saturated carbocycles. The van der Waals surface area contributed by atoms with Gasteiger partial charge in [-0.1, -0.05) is 0 Å². The van der Waals surface area contributed by atoms with Gasteiger partial charge in [0.15, 0.2) is 6.61 Å². The minimum absolute atomic E-state index is 0.129. The van der Waals surface area contributed by atoms with Crippen LogP contribution in [0.25, 0.3) is 0 Å². The topological polar surface area (TPSA) is 76.7 Å². The van der Waals surface area contributed by atoms with E-state index in [0.717, 1.165) is 0 Å². The number of ether oxygens (including phenoxy) is 2. The molecule has 0 aromatic heterocycles. The molecule has 6 nitrogen and oxygen atoms in total. The number of carbonyl (C=O) groups excluding carboxylic acids is 2. The number of benzene rings is 1. The fraction of sp³-hybridized carbons (Fsp3) is 0.467. The van der Waals surface area contributed by atoms with E-state index in [4.69, 9.17) is 9.47 Å². The molecule has 0 aliphatic carbocycles. The van der Waals surface area contributed by atoms with Gasteiger partial charge >= 0.3 is 12.1 Å². The summed E-state index contributed by atoms with van der Waals surface area (Å²) in [6.45, 7) is 2.14. The lowest BCUT2D eigenvalue weighted by Crippen LogP contribution is -2.38. The summed E-state index contributed by atoms with van der Waals surface area (Å²) in [6, 6.07) is 6.73. The lowest BCUT2D eigenvalue weighted by Gasteiger charge is -2.09. The maximum Gasteiger partial charge on any atom is 0.471 e. The monoisotopic (exact) mass is 348 g/mol. The van der Waals surface area contributed by atoms with E-state index in [0.29, 0.717) is 18.1 Å². The third-order valence-corrected chi connectivity index (χ3v) is 2.72. The zero-order valence-corrected chi connectivity index (χ0v) is 13.1. The molecule has 0 fully saturated rings. The quantitative estimate of drug-likeness (QED) is 0.666. The Bertz CT molecular complexity index is 533. The third kappa shape index (κ3) is 7.70. The molecule has 0 spiro atoms. The van der Waals surface area contributed by atoms with E-state index in [1.807, 2.05) is 6.92 Å². The lowest BCUT2D eigenvalue weighted by atomic mass is 10.3. The second-order valence-electron chi connectivity index (χ2n) is 4.65. The van der Waals surface area contributed by atoms with Crippen molar-refractivity contribution < 1.29 is 32.2 Å². The fourth-order valence-electron chi connectivity index (χ4n) is 1.62. The van der Waals surface area contributed by atoms with Crippen LogP contribution in [0.2, 0.25) is 0 Å². The van der Waals surface area contributed by atoms with Gasteiger partial charge < -0.3 is 20.1 Å². The first-order chi connectivity index (χ1) is 11.3. The molecule has 0 heterocycles. The van der Waals surface area contributed by atoms with Crippen LogP contribution >= 0.6 is 0 Å². The van der Waals surface area contributed by atoms with Crippen molar-refractivity contribution in [2.45, 2.75) is 19.5 Å². The molecule has 0 atom stereocenters. The SMILES string of the molecule is CCOc1ccc(OCC(=O)NCCCNC(=O)C(F)(F)F)cc1. The van der Waals surface area contributed by atoms with E-state index in [2.05, 4.69) is 5.32 Å². The number of hydrogen-bond acceptors (Lipinski definition) is 4. The highest BCUT2D eigenvalue weighted by atomic mass is 19.4. The van der Waals surface area contributed by atoms with Crippen molar-refractivity contribution in [1.82, 2.24) is 10.6 Å². The van der Waals surface area contributed by atoms with E-state index in [-0.39, 0.29) is 26.1 Å². The van der Waals surface area contributed by atoms with Gasteiger partial charge in [0, 0.05) is 13.1 Å². The van der Waals surface area contributed by atoms with Crippen LogP contribution in [0.5, 0.6) is 11.5 Å². The van der Waals surface area contributed by atoms with Crippen LogP contribution in [0.4, 0.5) is 13.2 Å². The number of carbonyl (C=O) groups is 2. The second-order valence-corrected chi connectivity index (χ2v) is 4.65. The van der Waals surface area contributed by atoms with E-state index in [1.54, 1.807) is 29.6 Å². The van der Waals surface area contributed by atoms with Gasteiger partial charge in [0.05, 0.1) is 6.61 Å². The maximum atomic E-state index is 11.9. The van der Waals surface area contributed by atoms with Crippen molar-refractivity contribution >= 4 is 11.8 Å². The molecule has 1 rings (SSSR count). The molecule has 2 amide bonds. The van der Waals surface area contributed by atoms with Gasteiger partial charge in [-0.15, -0.1) is 0 Å². The van der Waals surface area contributed by atoms with Gasteiger partial charge in [0.2, 0.25) is 0 Å². The predicted octanol–water partition coefficient (Wildman–Crippen LogP) is 1.65. The third-order valence-electron chi connectivity index (χ3n) is 2.72. The molecule has 0 unspecified atom stereocenters. The molecule has 0 radical (unpaired) electrons. The van der Waals surface area contributed by atoms with Crippen molar-refractivity contribution in [3.05, 3.63) is 24.3 Å². The Balaban J connectivity index is 2.15. The molecule has 0 aliphatic rings. The van der Waals surface area contributed by atoms with Crippen molar-refractivity contribution in [2.24, 2.45) is 0 Å². The largest absolute Gasteiger partial charge is 0.494 e. The Morgan fingerprint density at radius 1 is 1.00 bits per heavy atom. The Labute approximate surface area is 137 Å². The highest BCUT2D eigenvalue weighted by Crippen LogP contribution is 2.17. The maximum absolute atomic E-state index is 11.9. The Morgan fingerprint density at radius 2 is 1.54 bits per heavy atom. The average molecular weight is 348 g/mol. The van der Waals surface area contributed by atoms with Crippen LogP contribution in [-0.4, -0.2) is 44.3 Å². The average Bonchev–Trinajstić information content (AvgIpc) is 2.53. The first kappa shape index (κ1) is 19.6. The molecule has 24 heavy (non-hydrogen) atoms. The summed E-state index contributed by atoms with van der Waals surface area (Å²) in [5, 5.41) is 4.19. The molecule has 134 valence electrons. The molecular weight excluding hydrogens is 329 g/mol. The summed E-state index contributed by atoms with van der Waals surface area (Å²) >= 11 is 0. The summed E-state index contributed by atoms with van der Waals surface area (Å²) in [7, 11) is 0. The smallest absolute Gasteiger partial charge is 0.471 e. The normalized spacial score (nSPS) is 10.8. The van der Waals surface area contributed by atoms with Crippen LogP contribution in [0, 0.1) is 0 Å². The van der Waals surface area contributed by atoms with E-state index in [1.165, 1.54) is 0 Å². The molecule has 1 aromatic rings. The molecule has 0 saturated heterocycles. The zero-order chi connectivity index (χ0) is 18.0. The number of amides is 2. The van der Waals surface area contributed by atoms with Gasteiger partial charge in [-0.2, -0.15) is 13.2 Å². The fourth-order valence-corrected chi connectivity index (χ4v) is 1.62. The van der Waals surface area contributed by atoms with E-state index >= 15 is 0 Å². The van der Waals surface area contributed by atoms with Gasteiger partial charge in [0.1, 0.15) is 11.5 Å². The van der Waals surface area contributed by atoms with Crippen molar-refractivity contribution in [2.75, 3.05) is 26.3 Å². The number of nitrogens with one attached hydrogen (secondary N) is 2. The standard InChI is InChI=1S/C15H19F3N2O4/c1-2-23-11-4-6-12(7-5-11)24-10-13(21)19-8-3-9-20-14(22)15(16,17)18/h4-7H,2-3,8-10H2,1H3,(H,19,21)(H,20,22). The van der Waals surface area contributed by atoms with Gasteiger partial charge in [-0.3, -0.25) is 9.59 Å². The minimum Gasteiger partial charge on any atom is -0.494 e. The van der Waals surface area contributed by atoms with Crippen LogP contribution < -0.4 is 20.1 Å². The Morgan fingerprint density at radius 3 is 2.08 bits per heavy atom. The summed E-state index contributed by atoms with van der Waals surface area (Å²) in [4.78, 5) is 22.0. The van der Waals surface area contributed by atoms with Crippen molar-refractivity contribution in [3.63, 3.8) is 0 Å². The van der Waals surface area contributed by atoms with Crippen molar-refractivity contribution in [3.8, 4) is 11.5 Å². The highest BCUT2D eigenvalue weighted by molar-refractivity contribution is 5.81. The highest BCUT2D eigenvalue weighted by Gasteiger charge is 2.38. The van der Waals surface area contributed by atoms with Gasteiger partial charge in [-0.25, -0.2) is 0 Å². The molecule has 9 heteroatoms. The first-order valence-corrected chi connectivity index (χ1v) is 7.30. The summed E-state index contributed by atoms with van der Waals surface area (Å²) < 4.78 is 46.2. The van der Waals surface area contributed by atoms with Gasteiger partial charge in [0.25, 0.3) is 5.91 Å². The van der Waals surface area contributed by atoms with Crippen LogP contribution in [-0.2, 0) is 9.59 Å². The molecule has 0 bridgehead atoms. The Kier molecular flexibility index (Phi) is 7.87. The minimum atomic E-state index is -4.89. The number of alkyl halides is 3. The number of hydrogen-bond donors (Lipinski definition) is 2. The van der Waals surface area contributed by atoms with E-state index in [9.17, 15) is 22.8 Å². The second kappa shape index (κ2) is 9.64. The molecule has 2 N–H and O–H groups in total. The van der Waals surface area contributed by atoms with Crippen LogP contribution in [0.1, 0.15) is 13.3 Å². The molecule has 1 aromatic carbocycles. The van der Waals surface area contributed by atoms with Gasteiger partial charge in [-0.05, 0) is 37.6 Å². The lowest BCUT2D eigenvalue weighted by molar-refractivity contribution is -0.173. The van der Waals surface area contributed by atoms with Crippen molar-refractivity contribution in [1.29, 1.82) is 0 Å². The number of halogens is 3. The van der Waals surface area contributed by atoms with E-state index < -0.39 is 18.0 Å². The predicted molar refractivity (Wildman–Crippen MR) is 79.8 cm³/mol. The number of rotatable bonds is 9. The molecular formula is C15H19F3N2O4. The molecule has 0 aliphatic heterocycles. The van der Waals surface area contributed by atoms with Crippen LogP contribution in [0.15, 0.2) is 24.3 Å². The Hall–Kier alpha value is -2.45. The summed E-state index contributed by atoms with van der Waals surface area (Å²) in [5.74, 6) is -1.22.